The summed E-state index contributed by atoms with van der Waals surface area (Å²) in [6, 6.07) is 8.31. The van der Waals surface area contributed by atoms with Crippen LogP contribution in [0.4, 0.5) is 10.5 Å². The van der Waals surface area contributed by atoms with E-state index in [4.69, 9.17) is 4.74 Å². The number of carbonyl (C=O) groups is 1. The molecule has 0 unspecified atom stereocenters. The summed E-state index contributed by atoms with van der Waals surface area (Å²) < 4.78 is 6.33. The molecular weight excluding hydrogens is 358 g/mol. The van der Waals surface area contributed by atoms with Gasteiger partial charge < -0.3 is 15.0 Å². The van der Waals surface area contributed by atoms with E-state index in [9.17, 15) is 4.79 Å². The molecule has 1 aromatic heterocycles. The molecule has 6 heteroatoms. The Bertz CT molecular complexity index is 736. The summed E-state index contributed by atoms with van der Waals surface area (Å²) in [5, 5.41) is 4.54. The number of pyridine rings is 1. The van der Waals surface area contributed by atoms with Crippen molar-refractivity contribution in [2.45, 2.75) is 32.4 Å². The van der Waals surface area contributed by atoms with Crippen molar-refractivity contribution in [3.05, 3.63) is 34.9 Å². The molecule has 23 heavy (non-hydrogen) atoms. The second kappa shape index (κ2) is 6.00. The first-order valence-corrected chi connectivity index (χ1v) is 8.40. The Morgan fingerprint density at radius 2 is 2.13 bits per heavy atom. The van der Waals surface area contributed by atoms with E-state index in [-0.39, 0.29) is 12.1 Å². The van der Waals surface area contributed by atoms with Crippen molar-refractivity contribution >= 4 is 38.6 Å². The fourth-order valence-corrected chi connectivity index (χ4v) is 2.86. The van der Waals surface area contributed by atoms with E-state index < -0.39 is 5.60 Å². The van der Waals surface area contributed by atoms with E-state index in [1.807, 2.05) is 45.0 Å². The summed E-state index contributed by atoms with van der Waals surface area (Å²) in [7, 11) is 0. The van der Waals surface area contributed by atoms with Crippen molar-refractivity contribution < 1.29 is 9.53 Å². The van der Waals surface area contributed by atoms with Crippen LogP contribution in [0.15, 0.2) is 34.9 Å². The van der Waals surface area contributed by atoms with Crippen LogP contribution in [0.2, 0.25) is 0 Å². The molecule has 0 spiro atoms. The molecule has 0 bridgehead atoms. The van der Waals surface area contributed by atoms with Crippen LogP contribution < -0.4 is 5.32 Å². The Balaban J connectivity index is 1.63. The third-order valence-electron chi connectivity index (χ3n) is 3.57. The highest BCUT2D eigenvalue weighted by Gasteiger charge is 2.33. The summed E-state index contributed by atoms with van der Waals surface area (Å²) in [5.74, 6) is 0. The third-order valence-corrected chi connectivity index (χ3v) is 4.00. The van der Waals surface area contributed by atoms with E-state index >= 15 is 0 Å². The average molecular weight is 378 g/mol. The van der Waals surface area contributed by atoms with Gasteiger partial charge in [-0.2, -0.15) is 0 Å². The second-order valence-electron chi connectivity index (χ2n) is 6.76. The maximum Gasteiger partial charge on any atom is 0.410 e. The molecule has 1 fully saturated rings. The van der Waals surface area contributed by atoms with E-state index in [0.717, 1.165) is 21.1 Å². The molecule has 3 rings (SSSR count). The van der Waals surface area contributed by atoms with Crippen LogP contribution in [0.5, 0.6) is 0 Å². The zero-order valence-corrected chi connectivity index (χ0v) is 15.1. The van der Waals surface area contributed by atoms with E-state index in [0.29, 0.717) is 13.1 Å². The predicted octanol–water partition coefficient (Wildman–Crippen LogP) is 4.03. The standard InChI is InChI=1S/C17H20BrN3O2/c1-17(2,3)23-16(22)21-9-13(10-21)20-14-6-4-5-11-7-12(18)8-19-15(11)14/h4-8,13,20H,9-10H2,1-3H3. The Morgan fingerprint density at radius 1 is 1.39 bits per heavy atom. The number of para-hydroxylation sites is 1. The molecule has 122 valence electrons. The number of rotatable bonds is 2. The summed E-state index contributed by atoms with van der Waals surface area (Å²) in [6.07, 6.45) is 1.54. The largest absolute Gasteiger partial charge is 0.444 e. The number of carbonyl (C=O) groups excluding carboxylic acids is 1. The van der Waals surface area contributed by atoms with Crippen LogP contribution in [-0.2, 0) is 4.74 Å². The van der Waals surface area contributed by atoms with Gasteiger partial charge >= 0.3 is 6.09 Å². The van der Waals surface area contributed by atoms with Crippen molar-refractivity contribution in [2.24, 2.45) is 0 Å². The molecule has 1 aliphatic heterocycles. The molecule has 0 atom stereocenters. The minimum absolute atomic E-state index is 0.221. The zero-order chi connectivity index (χ0) is 16.6. The Morgan fingerprint density at radius 3 is 2.83 bits per heavy atom. The highest BCUT2D eigenvalue weighted by Crippen LogP contribution is 2.26. The smallest absolute Gasteiger partial charge is 0.410 e. The monoisotopic (exact) mass is 377 g/mol. The van der Waals surface area contributed by atoms with Crippen LogP contribution in [-0.4, -0.2) is 40.7 Å². The molecule has 1 aromatic carbocycles. The molecule has 2 aromatic rings. The molecular formula is C17H20BrN3O2. The summed E-state index contributed by atoms with van der Waals surface area (Å²) in [6.45, 7) is 6.91. The van der Waals surface area contributed by atoms with E-state index in [2.05, 4.69) is 26.2 Å². The second-order valence-corrected chi connectivity index (χ2v) is 7.67. The normalized spacial score (nSPS) is 15.4. The van der Waals surface area contributed by atoms with Crippen LogP contribution in [0.1, 0.15) is 20.8 Å². The van der Waals surface area contributed by atoms with E-state index in [1.54, 1.807) is 11.1 Å². The molecule has 0 radical (unpaired) electrons. The summed E-state index contributed by atoms with van der Waals surface area (Å²) in [4.78, 5) is 18.1. The van der Waals surface area contributed by atoms with Crippen molar-refractivity contribution in [1.82, 2.24) is 9.88 Å². The topological polar surface area (TPSA) is 54.5 Å². The van der Waals surface area contributed by atoms with Gasteiger partial charge in [0.25, 0.3) is 0 Å². The first-order chi connectivity index (χ1) is 10.8. The summed E-state index contributed by atoms with van der Waals surface area (Å²) >= 11 is 3.44. The number of anilines is 1. The van der Waals surface area contributed by atoms with Gasteiger partial charge in [-0.3, -0.25) is 4.98 Å². The highest BCUT2D eigenvalue weighted by atomic mass is 79.9. The van der Waals surface area contributed by atoms with Gasteiger partial charge in [-0.05, 0) is 48.8 Å². The quantitative estimate of drug-likeness (QED) is 0.858. The molecule has 1 saturated heterocycles. The molecule has 1 N–H and O–H groups in total. The molecule has 0 saturated carbocycles. The Kier molecular flexibility index (Phi) is 4.19. The lowest BCUT2D eigenvalue weighted by molar-refractivity contribution is 0.0105. The Labute approximate surface area is 144 Å². The van der Waals surface area contributed by atoms with E-state index in [1.165, 1.54) is 0 Å². The Hall–Kier alpha value is -1.82. The third kappa shape index (κ3) is 3.75. The zero-order valence-electron chi connectivity index (χ0n) is 13.5. The van der Waals surface area contributed by atoms with Gasteiger partial charge in [-0.15, -0.1) is 0 Å². The van der Waals surface area contributed by atoms with Gasteiger partial charge in [0.05, 0.1) is 17.2 Å². The number of ether oxygens (including phenoxy) is 1. The van der Waals surface area contributed by atoms with Gasteiger partial charge in [0.2, 0.25) is 0 Å². The maximum absolute atomic E-state index is 11.9. The number of nitrogens with zero attached hydrogens (tertiary/aromatic N) is 2. The first kappa shape index (κ1) is 16.1. The predicted molar refractivity (Wildman–Crippen MR) is 94.7 cm³/mol. The molecule has 2 heterocycles. The summed E-state index contributed by atoms with van der Waals surface area (Å²) in [5.41, 5.74) is 1.47. The molecule has 0 aliphatic carbocycles. The molecule has 1 amide bonds. The van der Waals surface area contributed by atoms with Crippen molar-refractivity contribution in [3.63, 3.8) is 0 Å². The van der Waals surface area contributed by atoms with Gasteiger partial charge in [0.15, 0.2) is 0 Å². The van der Waals surface area contributed by atoms with Gasteiger partial charge in [-0.25, -0.2) is 4.79 Å². The lowest BCUT2D eigenvalue weighted by Gasteiger charge is -2.40. The lowest BCUT2D eigenvalue weighted by Crippen LogP contribution is -2.57. The molecule has 1 aliphatic rings. The lowest BCUT2D eigenvalue weighted by atomic mass is 10.1. The minimum atomic E-state index is -0.456. The van der Waals surface area contributed by atoms with Gasteiger partial charge in [0, 0.05) is 29.1 Å². The van der Waals surface area contributed by atoms with Crippen molar-refractivity contribution in [3.8, 4) is 0 Å². The average Bonchev–Trinajstić information content (AvgIpc) is 2.39. The first-order valence-electron chi connectivity index (χ1n) is 7.60. The maximum atomic E-state index is 11.9. The van der Waals surface area contributed by atoms with Crippen LogP contribution in [0.25, 0.3) is 10.9 Å². The fourth-order valence-electron chi connectivity index (χ4n) is 2.52. The number of nitrogens with one attached hydrogen (secondary N) is 1. The minimum Gasteiger partial charge on any atom is -0.444 e. The van der Waals surface area contributed by atoms with Gasteiger partial charge in [-0.1, -0.05) is 12.1 Å². The van der Waals surface area contributed by atoms with Gasteiger partial charge in [0.1, 0.15) is 5.60 Å². The number of fused-ring (bicyclic) bond motifs is 1. The number of halogens is 1. The highest BCUT2D eigenvalue weighted by molar-refractivity contribution is 9.10. The number of amides is 1. The number of likely N-dealkylation sites (tertiary alicyclic amines) is 1. The van der Waals surface area contributed by atoms with Crippen LogP contribution in [0, 0.1) is 0 Å². The number of hydrogen-bond donors (Lipinski definition) is 1. The SMILES string of the molecule is CC(C)(C)OC(=O)N1CC(Nc2cccc3cc(Br)cnc23)C1. The van der Waals surface area contributed by atoms with Crippen molar-refractivity contribution in [1.29, 1.82) is 0 Å². The fraction of sp³-hybridized carbons (Fsp3) is 0.412. The van der Waals surface area contributed by atoms with Crippen LogP contribution >= 0.6 is 15.9 Å². The number of aromatic nitrogens is 1. The van der Waals surface area contributed by atoms with Crippen LogP contribution in [0.3, 0.4) is 0 Å². The van der Waals surface area contributed by atoms with Crippen molar-refractivity contribution in [2.75, 3.05) is 18.4 Å². The number of hydrogen-bond acceptors (Lipinski definition) is 4. The molecule has 5 nitrogen and oxygen atoms in total. The number of benzene rings is 1.